The van der Waals surface area contributed by atoms with Crippen molar-refractivity contribution in [2.24, 2.45) is 0 Å². The number of aromatic carboxylic acids is 1. The molecule has 110 valence electrons. The number of nitrogens with one attached hydrogen (secondary N) is 1. The highest BCUT2D eigenvalue weighted by Gasteiger charge is 2.20. The first-order valence-electron chi connectivity index (χ1n) is 6.66. The molecule has 5 heteroatoms. The fourth-order valence-electron chi connectivity index (χ4n) is 2.40. The number of carbonyl (C=O) groups is 2. The van der Waals surface area contributed by atoms with Gasteiger partial charge in [0, 0.05) is 22.2 Å². The van der Waals surface area contributed by atoms with Crippen LogP contribution >= 0.6 is 15.9 Å². The minimum Gasteiger partial charge on any atom is -0.478 e. The fourth-order valence-corrected chi connectivity index (χ4v) is 2.81. The fraction of sp³-hybridized carbons (Fsp3) is 0.0588. The van der Waals surface area contributed by atoms with Crippen molar-refractivity contribution in [1.82, 2.24) is 0 Å². The second-order valence-electron chi connectivity index (χ2n) is 5.03. The Kier molecular flexibility index (Phi) is 3.81. The Morgan fingerprint density at radius 3 is 2.82 bits per heavy atom. The Morgan fingerprint density at radius 2 is 2.05 bits per heavy atom. The summed E-state index contributed by atoms with van der Waals surface area (Å²) >= 11 is 3.42. The number of carboxylic acid groups (broad SMARTS) is 1. The van der Waals surface area contributed by atoms with E-state index in [0.29, 0.717) is 17.6 Å². The lowest BCUT2D eigenvalue weighted by molar-refractivity contribution is -0.113. The van der Waals surface area contributed by atoms with Gasteiger partial charge in [0.05, 0.1) is 5.56 Å². The zero-order chi connectivity index (χ0) is 15.7. The summed E-state index contributed by atoms with van der Waals surface area (Å²) in [7, 11) is 0. The molecule has 0 bridgehead atoms. The summed E-state index contributed by atoms with van der Waals surface area (Å²) in [6, 6.07) is 12.2. The summed E-state index contributed by atoms with van der Waals surface area (Å²) < 4.78 is 0.953. The molecule has 3 rings (SSSR count). The van der Waals surface area contributed by atoms with Crippen LogP contribution in [0, 0.1) is 0 Å². The van der Waals surface area contributed by atoms with Crippen LogP contribution in [0.3, 0.4) is 0 Å². The average molecular weight is 358 g/mol. The number of rotatable bonds is 2. The number of fused-ring (bicyclic) bond motifs is 1. The number of carboxylic acids is 1. The Labute approximate surface area is 135 Å². The van der Waals surface area contributed by atoms with E-state index in [1.54, 1.807) is 24.3 Å². The first-order valence-corrected chi connectivity index (χ1v) is 7.46. The Hall–Kier alpha value is -2.40. The number of benzene rings is 2. The average Bonchev–Trinajstić information content (AvgIpc) is 2.49. The summed E-state index contributed by atoms with van der Waals surface area (Å²) in [5, 5.41) is 11.9. The highest BCUT2D eigenvalue weighted by atomic mass is 79.9. The van der Waals surface area contributed by atoms with E-state index < -0.39 is 5.97 Å². The molecule has 1 amide bonds. The summed E-state index contributed by atoms with van der Waals surface area (Å²) in [4.78, 5) is 23.2. The van der Waals surface area contributed by atoms with Crippen molar-refractivity contribution in [1.29, 1.82) is 0 Å². The van der Waals surface area contributed by atoms with Gasteiger partial charge >= 0.3 is 5.97 Å². The van der Waals surface area contributed by atoms with E-state index in [9.17, 15) is 9.59 Å². The van der Waals surface area contributed by atoms with Gasteiger partial charge < -0.3 is 10.4 Å². The Morgan fingerprint density at radius 1 is 1.23 bits per heavy atom. The highest BCUT2D eigenvalue weighted by molar-refractivity contribution is 9.10. The number of halogens is 1. The van der Waals surface area contributed by atoms with Crippen LogP contribution in [0.5, 0.6) is 0 Å². The van der Waals surface area contributed by atoms with Gasteiger partial charge in [0.25, 0.3) is 5.91 Å². The second kappa shape index (κ2) is 5.77. The van der Waals surface area contributed by atoms with Gasteiger partial charge in [0.15, 0.2) is 0 Å². The molecule has 1 heterocycles. The summed E-state index contributed by atoms with van der Waals surface area (Å²) in [5.74, 6) is -1.14. The molecule has 0 unspecified atom stereocenters. The van der Waals surface area contributed by atoms with Crippen LogP contribution in [0.25, 0.3) is 6.08 Å². The van der Waals surface area contributed by atoms with Crippen molar-refractivity contribution >= 4 is 39.6 Å². The lowest BCUT2D eigenvalue weighted by atomic mass is 9.96. The van der Waals surface area contributed by atoms with E-state index in [1.807, 2.05) is 18.2 Å². The van der Waals surface area contributed by atoms with E-state index >= 15 is 0 Å². The molecule has 0 fully saturated rings. The molecule has 0 saturated heterocycles. The van der Waals surface area contributed by atoms with Gasteiger partial charge in [-0.1, -0.05) is 28.1 Å². The standard InChI is InChI=1S/C17H12BrNO3/c18-14-4-5-15-12(9-14)8-13(16(20)19-15)7-10-2-1-3-11(6-10)17(21)22/h1-7,9H,8H2,(H,19,20)(H,21,22). The maximum absolute atomic E-state index is 12.2. The first-order chi connectivity index (χ1) is 10.5. The van der Waals surface area contributed by atoms with Crippen molar-refractivity contribution in [3.05, 3.63) is 69.2 Å². The van der Waals surface area contributed by atoms with E-state index in [1.165, 1.54) is 6.07 Å². The van der Waals surface area contributed by atoms with Crippen LogP contribution in [0.15, 0.2) is 52.5 Å². The van der Waals surface area contributed by atoms with E-state index in [4.69, 9.17) is 5.11 Å². The molecule has 2 aromatic carbocycles. The predicted molar refractivity (Wildman–Crippen MR) is 87.9 cm³/mol. The predicted octanol–water partition coefficient (Wildman–Crippen LogP) is 3.73. The van der Waals surface area contributed by atoms with Crippen molar-refractivity contribution in [3.63, 3.8) is 0 Å². The highest BCUT2D eigenvalue weighted by Crippen LogP contribution is 2.29. The zero-order valence-electron chi connectivity index (χ0n) is 11.5. The third-order valence-corrected chi connectivity index (χ3v) is 3.96. The summed E-state index contributed by atoms with van der Waals surface area (Å²) in [6.07, 6.45) is 2.24. The largest absolute Gasteiger partial charge is 0.478 e. The van der Waals surface area contributed by atoms with Crippen LogP contribution in [-0.2, 0) is 11.2 Å². The van der Waals surface area contributed by atoms with Gasteiger partial charge in [-0.2, -0.15) is 0 Å². The lowest BCUT2D eigenvalue weighted by Crippen LogP contribution is -2.22. The number of hydrogen-bond donors (Lipinski definition) is 2. The number of hydrogen-bond acceptors (Lipinski definition) is 2. The van der Waals surface area contributed by atoms with Crippen LogP contribution in [-0.4, -0.2) is 17.0 Å². The molecule has 0 aliphatic carbocycles. The Balaban J connectivity index is 1.96. The molecule has 1 aliphatic heterocycles. The monoisotopic (exact) mass is 357 g/mol. The molecule has 0 saturated carbocycles. The molecule has 2 N–H and O–H groups in total. The second-order valence-corrected chi connectivity index (χ2v) is 5.95. The minimum atomic E-state index is -0.984. The molecule has 1 aliphatic rings. The molecule has 0 radical (unpaired) electrons. The molecule has 4 nitrogen and oxygen atoms in total. The molecule has 0 atom stereocenters. The van der Waals surface area contributed by atoms with Gasteiger partial charge in [-0.05, 0) is 47.5 Å². The maximum atomic E-state index is 12.2. The normalized spacial score (nSPS) is 15.3. The lowest BCUT2D eigenvalue weighted by Gasteiger charge is -2.19. The third-order valence-electron chi connectivity index (χ3n) is 3.46. The zero-order valence-corrected chi connectivity index (χ0v) is 13.1. The Bertz CT molecular complexity index is 811. The molecule has 2 aromatic rings. The first kappa shape index (κ1) is 14.5. The number of anilines is 1. The molecule has 22 heavy (non-hydrogen) atoms. The van der Waals surface area contributed by atoms with Gasteiger partial charge in [0.1, 0.15) is 0 Å². The quantitative estimate of drug-likeness (QED) is 0.804. The minimum absolute atomic E-state index is 0.157. The van der Waals surface area contributed by atoms with E-state index in [0.717, 1.165) is 15.7 Å². The molecular weight excluding hydrogens is 346 g/mol. The summed E-state index contributed by atoms with van der Waals surface area (Å²) in [6.45, 7) is 0. The van der Waals surface area contributed by atoms with E-state index in [2.05, 4.69) is 21.2 Å². The smallest absolute Gasteiger partial charge is 0.335 e. The topological polar surface area (TPSA) is 66.4 Å². The maximum Gasteiger partial charge on any atom is 0.335 e. The molecular formula is C17H12BrNO3. The van der Waals surface area contributed by atoms with Gasteiger partial charge in [-0.25, -0.2) is 4.79 Å². The van der Waals surface area contributed by atoms with E-state index in [-0.39, 0.29) is 11.5 Å². The SMILES string of the molecule is O=C1Nc2ccc(Br)cc2CC1=Cc1cccc(C(=O)O)c1. The molecule has 0 spiro atoms. The van der Waals surface area contributed by atoms with Crippen LogP contribution < -0.4 is 5.32 Å². The van der Waals surface area contributed by atoms with Crippen LogP contribution in [0.2, 0.25) is 0 Å². The number of carbonyl (C=O) groups excluding carboxylic acids is 1. The summed E-state index contributed by atoms with van der Waals surface area (Å²) in [5.41, 5.74) is 3.34. The van der Waals surface area contributed by atoms with Crippen molar-refractivity contribution in [2.45, 2.75) is 6.42 Å². The van der Waals surface area contributed by atoms with Crippen LogP contribution in [0.4, 0.5) is 5.69 Å². The van der Waals surface area contributed by atoms with Crippen molar-refractivity contribution in [3.8, 4) is 0 Å². The third kappa shape index (κ3) is 2.94. The van der Waals surface area contributed by atoms with Crippen molar-refractivity contribution in [2.75, 3.05) is 5.32 Å². The van der Waals surface area contributed by atoms with Gasteiger partial charge in [-0.15, -0.1) is 0 Å². The molecule has 0 aromatic heterocycles. The number of amides is 1. The van der Waals surface area contributed by atoms with Gasteiger partial charge in [0.2, 0.25) is 0 Å². The van der Waals surface area contributed by atoms with Crippen molar-refractivity contribution < 1.29 is 14.7 Å². The van der Waals surface area contributed by atoms with Crippen LogP contribution in [0.1, 0.15) is 21.5 Å². The van der Waals surface area contributed by atoms with Gasteiger partial charge in [-0.3, -0.25) is 4.79 Å².